The Morgan fingerprint density at radius 1 is 1.39 bits per heavy atom. The molecule has 1 fully saturated rings. The van der Waals surface area contributed by atoms with E-state index in [0.29, 0.717) is 29.9 Å². The van der Waals surface area contributed by atoms with Crippen LogP contribution in [0.5, 0.6) is 0 Å². The van der Waals surface area contributed by atoms with Gasteiger partial charge in [-0.1, -0.05) is 13.8 Å². The van der Waals surface area contributed by atoms with Gasteiger partial charge in [0.1, 0.15) is 0 Å². The lowest BCUT2D eigenvalue weighted by Crippen LogP contribution is -2.47. The number of sulfone groups is 1. The lowest BCUT2D eigenvalue weighted by molar-refractivity contribution is 0.205. The molecule has 2 unspecified atom stereocenters. The summed E-state index contributed by atoms with van der Waals surface area (Å²) in [6.45, 7) is 8.85. The molecule has 18 heavy (non-hydrogen) atoms. The van der Waals surface area contributed by atoms with Gasteiger partial charge >= 0.3 is 0 Å². The summed E-state index contributed by atoms with van der Waals surface area (Å²) in [5.41, 5.74) is 5.80. The maximum atomic E-state index is 11.5. The fraction of sp³-hybridized carbons (Fsp3) is 1.00. The van der Waals surface area contributed by atoms with Crippen LogP contribution in [0.3, 0.4) is 0 Å². The van der Waals surface area contributed by atoms with Crippen LogP contribution in [0.2, 0.25) is 0 Å². The van der Waals surface area contributed by atoms with Crippen LogP contribution < -0.4 is 5.73 Å². The summed E-state index contributed by atoms with van der Waals surface area (Å²) >= 11 is 0. The molecule has 0 spiro atoms. The Morgan fingerprint density at radius 3 is 2.56 bits per heavy atom. The van der Waals surface area contributed by atoms with Gasteiger partial charge in [0.15, 0.2) is 9.84 Å². The Hall–Kier alpha value is -0.130. The first kappa shape index (κ1) is 15.9. The Morgan fingerprint density at radius 2 is 2.06 bits per heavy atom. The highest BCUT2D eigenvalue weighted by Crippen LogP contribution is 2.17. The van der Waals surface area contributed by atoms with Gasteiger partial charge in [-0.05, 0) is 44.7 Å². The molecule has 1 saturated heterocycles. The maximum Gasteiger partial charge on any atom is 0.153 e. The average molecular weight is 276 g/mol. The summed E-state index contributed by atoms with van der Waals surface area (Å²) in [6.07, 6.45) is 2.25. The third kappa shape index (κ3) is 5.24. The molecule has 1 rings (SSSR count). The van der Waals surface area contributed by atoms with E-state index in [9.17, 15) is 8.42 Å². The third-order valence-corrected chi connectivity index (χ3v) is 5.57. The van der Waals surface area contributed by atoms with Gasteiger partial charge < -0.3 is 5.73 Å². The highest BCUT2D eigenvalue weighted by Gasteiger charge is 2.28. The fourth-order valence-electron chi connectivity index (χ4n) is 2.71. The molecule has 0 aromatic carbocycles. The lowest BCUT2D eigenvalue weighted by atomic mass is 9.94. The summed E-state index contributed by atoms with van der Waals surface area (Å²) in [6, 6.07) is 0.154. The molecule has 5 heteroatoms. The van der Waals surface area contributed by atoms with E-state index in [0.717, 1.165) is 25.9 Å². The van der Waals surface area contributed by atoms with Gasteiger partial charge in [-0.25, -0.2) is 8.42 Å². The van der Waals surface area contributed by atoms with Gasteiger partial charge in [-0.3, -0.25) is 4.90 Å². The van der Waals surface area contributed by atoms with Crippen molar-refractivity contribution >= 4 is 9.84 Å². The molecule has 1 heterocycles. The molecule has 108 valence electrons. The fourth-order valence-corrected chi connectivity index (χ4v) is 4.34. The van der Waals surface area contributed by atoms with Crippen molar-refractivity contribution in [1.29, 1.82) is 0 Å². The first-order valence-corrected chi connectivity index (χ1v) is 8.80. The van der Waals surface area contributed by atoms with Gasteiger partial charge in [-0.15, -0.1) is 0 Å². The Balaban J connectivity index is 2.39. The van der Waals surface area contributed by atoms with E-state index in [1.807, 2.05) is 6.92 Å². The second kappa shape index (κ2) is 6.87. The van der Waals surface area contributed by atoms with Crippen LogP contribution >= 0.6 is 0 Å². The molecule has 0 radical (unpaired) electrons. The predicted octanol–water partition coefficient (Wildman–Crippen LogP) is 1.12. The molecule has 0 saturated carbocycles. The van der Waals surface area contributed by atoms with Crippen molar-refractivity contribution < 1.29 is 8.42 Å². The van der Waals surface area contributed by atoms with Gasteiger partial charge in [0, 0.05) is 12.6 Å². The number of rotatable bonds is 6. The second-order valence-corrected chi connectivity index (χ2v) is 8.25. The predicted molar refractivity (Wildman–Crippen MR) is 76.3 cm³/mol. The Kier molecular flexibility index (Phi) is 6.08. The van der Waals surface area contributed by atoms with Crippen molar-refractivity contribution in [3.8, 4) is 0 Å². The molecule has 0 aromatic heterocycles. The normalized spacial score (nSPS) is 26.4. The molecular formula is C13H28N2O2S. The Bertz CT molecular complexity index is 341. The minimum absolute atomic E-state index is 0.154. The standard InChI is InChI=1S/C13H28N2O2S/c1-11(2)8-13(9-14)4-5-15-6-7-18(16,17)10-12(15)3/h11-13H,4-10,14H2,1-3H3. The summed E-state index contributed by atoms with van der Waals surface area (Å²) in [7, 11) is -2.79. The minimum Gasteiger partial charge on any atom is -0.330 e. The lowest BCUT2D eigenvalue weighted by Gasteiger charge is -2.34. The van der Waals surface area contributed by atoms with Crippen LogP contribution in [-0.4, -0.2) is 50.5 Å². The zero-order chi connectivity index (χ0) is 13.8. The zero-order valence-electron chi connectivity index (χ0n) is 11.9. The minimum atomic E-state index is -2.79. The van der Waals surface area contributed by atoms with E-state index < -0.39 is 9.84 Å². The maximum absolute atomic E-state index is 11.5. The first-order valence-electron chi connectivity index (χ1n) is 6.98. The van der Waals surface area contributed by atoms with Crippen LogP contribution in [0.25, 0.3) is 0 Å². The molecule has 2 atom stereocenters. The van der Waals surface area contributed by atoms with Crippen LogP contribution in [-0.2, 0) is 9.84 Å². The molecule has 1 aliphatic heterocycles. The van der Waals surface area contributed by atoms with Gasteiger partial charge in [0.05, 0.1) is 11.5 Å². The molecule has 0 amide bonds. The van der Waals surface area contributed by atoms with Crippen molar-refractivity contribution in [3.05, 3.63) is 0 Å². The van der Waals surface area contributed by atoms with E-state index in [-0.39, 0.29) is 6.04 Å². The van der Waals surface area contributed by atoms with Crippen LogP contribution in [0.4, 0.5) is 0 Å². The number of nitrogens with zero attached hydrogens (tertiary/aromatic N) is 1. The average Bonchev–Trinajstić information content (AvgIpc) is 2.24. The Labute approximate surface area is 112 Å². The largest absolute Gasteiger partial charge is 0.330 e. The van der Waals surface area contributed by atoms with Gasteiger partial charge in [-0.2, -0.15) is 0 Å². The quantitative estimate of drug-likeness (QED) is 0.789. The molecular weight excluding hydrogens is 248 g/mol. The van der Waals surface area contributed by atoms with Crippen molar-refractivity contribution in [2.24, 2.45) is 17.6 Å². The van der Waals surface area contributed by atoms with Crippen LogP contribution in [0.15, 0.2) is 0 Å². The summed E-state index contributed by atoms with van der Waals surface area (Å²) in [4.78, 5) is 2.30. The number of nitrogens with two attached hydrogens (primary N) is 1. The molecule has 1 aliphatic rings. The van der Waals surface area contributed by atoms with Crippen LogP contribution in [0, 0.1) is 11.8 Å². The van der Waals surface area contributed by atoms with Crippen molar-refractivity contribution in [2.75, 3.05) is 31.1 Å². The second-order valence-electron chi connectivity index (χ2n) is 6.02. The van der Waals surface area contributed by atoms with E-state index in [2.05, 4.69) is 18.7 Å². The first-order chi connectivity index (χ1) is 8.34. The molecule has 0 aliphatic carbocycles. The van der Waals surface area contributed by atoms with Crippen molar-refractivity contribution in [1.82, 2.24) is 4.90 Å². The SMILES string of the molecule is CC(C)CC(CN)CCN1CCS(=O)(=O)CC1C. The smallest absolute Gasteiger partial charge is 0.153 e. The summed E-state index contributed by atoms with van der Waals surface area (Å²) in [5.74, 6) is 1.87. The molecule has 2 N–H and O–H groups in total. The molecule has 0 bridgehead atoms. The number of hydrogen-bond donors (Lipinski definition) is 1. The van der Waals surface area contributed by atoms with Crippen LogP contribution in [0.1, 0.15) is 33.6 Å². The summed E-state index contributed by atoms with van der Waals surface area (Å²) in [5, 5.41) is 0. The van der Waals surface area contributed by atoms with E-state index >= 15 is 0 Å². The zero-order valence-corrected chi connectivity index (χ0v) is 12.7. The highest BCUT2D eigenvalue weighted by atomic mass is 32.2. The third-order valence-electron chi connectivity index (χ3n) is 3.77. The monoisotopic (exact) mass is 276 g/mol. The highest BCUT2D eigenvalue weighted by molar-refractivity contribution is 7.91. The van der Waals surface area contributed by atoms with E-state index in [1.54, 1.807) is 0 Å². The van der Waals surface area contributed by atoms with Gasteiger partial charge in [0.2, 0.25) is 0 Å². The number of hydrogen-bond acceptors (Lipinski definition) is 4. The molecule has 0 aromatic rings. The van der Waals surface area contributed by atoms with Gasteiger partial charge in [0.25, 0.3) is 0 Å². The molecule has 4 nitrogen and oxygen atoms in total. The van der Waals surface area contributed by atoms with Crippen molar-refractivity contribution in [3.63, 3.8) is 0 Å². The van der Waals surface area contributed by atoms with E-state index in [1.165, 1.54) is 0 Å². The summed E-state index contributed by atoms with van der Waals surface area (Å²) < 4.78 is 23.0. The van der Waals surface area contributed by atoms with Crippen molar-refractivity contribution in [2.45, 2.75) is 39.7 Å². The topological polar surface area (TPSA) is 63.4 Å². The van der Waals surface area contributed by atoms with E-state index in [4.69, 9.17) is 5.73 Å².